The van der Waals surface area contributed by atoms with Crippen LogP contribution < -0.4 is 15.9 Å². The summed E-state index contributed by atoms with van der Waals surface area (Å²) < 4.78 is 90.5. The molecule has 9 aromatic carbocycles. The minimum Gasteiger partial charge on any atom is -0.496 e. The summed E-state index contributed by atoms with van der Waals surface area (Å²) in [5.74, 6) is 0. The Kier molecular flexibility index (Phi) is 56.7. The first-order valence-electron chi connectivity index (χ1n) is 40.6. The van der Waals surface area contributed by atoms with E-state index in [1.165, 1.54) is 15.9 Å². The Morgan fingerprint density at radius 1 is 0.333 bits per heavy atom. The molecule has 20 heteroatoms. The maximum Gasteiger partial charge on any atom is 0.186 e. The molecule has 120 heavy (non-hydrogen) atoms. The summed E-state index contributed by atoms with van der Waals surface area (Å²) >= 11 is 0. The van der Waals surface area contributed by atoms with E-state index in [4.69, 9.17) is 77.4 Å². The van der Waals surface area contributed by atoms with Crippen LogP contribution in [0.5, 0.6) is 0 Å². The van der Waals surface area contributed by atoms with E-state index in [9.17, 15) is 4.79 Å². The van der Waals surface area contributed by atoms with E-state index in [0.717, 1.165) is 84.6 Å². The van der Waals surface area contributed by atoms with E-state index >= 15 is 0 Å². The van der Waals surface area contributed by atoms with Gasteiger partial charge in [0.2, 0.25) is 0 Å². The van der Waals surface area contributed by atoms with Crippen molar-refractivity contribution in [2.45, 2.75) is 171 Å². The van der Waals surface area contributed by atoms with Gasteiger partial charge in [-0.05, 0) is 81.4 Å². The largest absolute Gasteiger partial charge is 0.496 e. The fourth-order valence-corrected chi connectivity index (χ4v) is 15.9. The van der Waals surface area contributed by atoms with Crippen LogP contribution >= 0.6 is 6.89 Å². The minimum absolute atomic E-state index is 0. The second kappa shape index (κ2) is 64.6. The van der Waals surface area contributed by atoms with Crippen molar-refractivity contribution in [1.82, 2.24) is 0 Å². The molecule has 16 nitrogen and oxygen atoms in total. The first-order valence-corrected chi connectivity index (χ1v) is 42.5. The van der Waals surface area contributed by atoms with Crippen molar-refractivity contribution in [1.29, 1.82) is 0 Å². The monoisotopic (exact) mass is 1880 g/mol. The molecular weight excluding hydrogens is 1750 g/mol. The van der Waals surface area contributed by atoms with E-state index in [2.05, 4.69) is 136 Å². The van der Waals surface area contributed by atoms with Gasteiger partial charge in [-0.25, -0.2) is 0 Å². The van der Waals surface area contributed by atoms with Crippen LogP contribution in [0.1, 0.15) is 91.2 Å². The molecule has 12 atom stereocenters. The number of ether oxygens (including phenoxy) is 15. The van der Waals surface area contributed by atoms with Gasteiger partial charge in [-0.2, -0.15) is 19.7 Å². The average Bonchev–Trinajstić information content (AvgIpc) is 1.34. The van der Waals surface area contributed by atoms with Gasteiger partial charge < -0.3 is 96.0 Å². The van der Waals surface area contributed by atoms with Crippen LogP contribution in [0.2, 0.25) is 0 Å². The quantitative estimate of drug-likeness (QED) is 0.0117. The van der Waals surface area contributed by atoms with Crippen LogP contribution in [0.3, 0.4) is 0 Å². The number of hydrogen-bond acceptors (Lipinski definition) is 16. The van der Waals surface area contributed by atoms with Gasteiger partial charge in [0.1, 0.15) is 61.2 Å². The van der Waals surface area contributed by atoms with Crippen molar-refractivity contribution in [3.63, 3.8) is 0 Å². The van der Waals surface area contributed by atoms with Gasteiger partial charge in [-0.1, -0.05) is 298 Å². The van der Waals surface area contributed by atoms with Gasteiger partial charge in [0.05, 0.1) is 79.3 Å². The maximum atomic E-state index is 10.6. The molecule has 3 aliphatic heterocycles. The second-order valence-corrected chi connectivity index (χ2v) is 31.0. The zero-order valence-corrected chi connectivity index (χ0v) is 79.7. The zero-order chi connectivity index (χ0) is 82.4. The third-order valence-electron chi connectivity index (χ3n) is 19.1. The first-order chi connectivity index (χ1) is 57.7. The van der Waals surface area contributed by atoms with Gasteiger partial charge >= 0.3 is 0 Å². The average molecular weight is 1880 g/mol. The Bertz CT molecular complexity index is 3850. The molecule has 0 aliphatic carbocycles. The Hall–Kier alpha value is -5.12. The molecule has 0 spiro atoms. The summed E-state index contributed by atoms with van der Waals surface area (Å²) in [4.78, 5) is 10.6. The molecule has 3 fully saturated rings. The minimum atomic E-state index is -2.03. The van der Waals surface area contributed by atoms with Crippen molar-refractivity contribution in [2.75, 3.05) is 61.0 Å². The van der Waals surface area contributed by atoms with Gasteiger partial charge in [-0.15, -0.1) is 19.2 Å². The predicted molar refractivity (Wildman–Crippen MR) is 469 cm³/mol. The number of benzene rings is 9. The third-order valence-corrected chi connectivity index (χ3v) is 22.5. The number of aldehydes is 1. The third kappa shape index (κ3) is 37.6. The van der Waals surface area contributed by atoms with Gasteiger partial charge in [0, 0.05) is 126 Å². The Morgan fingerprint density at radius 3 is 0.800 bits per heavy atom. The molecule has 12 unspecified atom stereocenters. The summed E-state index contributed by atoms with van der Waals surface area (Å²) in [6.45, 7) is 18.0. The van der Waals surface area contributed by atoms with Crippen LogP contribution in [0.25, 0.3) is 0 Å². The van der Waals surface area contributed by atoms with Crippen molar-refractivity contribution in [2.24, 2.45) is 0 Å². The molecule has 3 saturated heterocycles. The van der Waals surface area contributed by atoms with Crippen LogP contribution in [0.15, 0.2) is 310 Å². The molecular formula is C100H122O16PY3-3. The summed E-state index contributed by atoms with van der Waals surface area (Å²) in [7, 11) is 4.97. The topological polar surface area (TPSA) is 156 Å². The fourth-order valence-electron chi connectivity index (χ4n) is 13.1. The molecule has 3 radical (unpaired) electrons. The van der Waals surface area contributed by atoms with Crippen LogP contribution in [0.4, 0.5) is 0 Å². The number of unbranched alkanes of at least 4 members (excludes halogenated alkanes) is 4. The number of carbonyl (C=O) groups is 1. The Balaban J connectivity index is 0.000000281. The van der Waals surface area contributed by atoms with Crippen molar-refractivity contribution in [3.05, 3.63) is 358 Å². The van der Waals surface area contributed by atoms with E-state index in [1.807, 2.05) is 182 Å². The summed E-state index contributed by atoms with van der Waals surface area (Å²) in [6.07, 6.45) is 19.0. The molecule has 3 aliphatic rings. The Labute approximate surface area is 791 Å². The summed E-state index contributed by atoms with van der Waals surface area (Å²) in [5.41, 5.74) is 6.54. The second-order valence-electron chi connectivity index (χ2n) is 28.0. The Morgan fingerprint density at radius 2 is 0.567 bits per heavy atom. The molecule has 0 aromatic heterocycles. The van der Waals surface area contributed by atoms with Crippen LogP contribution in [-0.4, -0.2) is 147 Å². The van der Waals surface area contributed by atoms with Gasteiger partial charge in [0.25, 0.3) is 0 Å². The molecule has 0 bridgehead atoms. The van der Waals surface area contributed by atoms with E-state index < -0.39 is 31.9 Å². The first kappa shape index (κ1) is 105. The zero-order valence-electron chi connectivity index (χ0n) is 70.3. The normalized spacial score (nSPS) is 20.1. The molecule has 12 rings (SSSR count). The molecule has 3 heterocycles. The molecule has 635 valence electrons. The summed E-state index contributed by atoms with van der Waals surface area (Å²) in [5, 5.41) is 3.62. The molecule has 0 amide bonds. The van der Waals surface area contributed by atoms with Crippen molar-refractivity contribution < 1.29 is 174 Å². The maximum absolute atomic E-state index is 10.6. The van der Waals surface area contributed by atoms with Crippen molar-refractivity contribution >= 4 is 35.4 Å². The van der Waals surface area contributed by atoms with E-state index in [1.54, 1.807) is 27.4 Å². The van der Waals surface area contributed by atoms with Crippen LogP contribution in [0, 0.1) is 13.8 Å². The van der Waals surface area contributed by atoms with E-state index in [-0.39, 0.29) is 147 Å². The molecule has 0 N–H and O–H groups in total. The number of rotatable bonds is 45. The smallest absolute Gasteiger partial charge is 0.186 e. The number of methoxy groups -OCH3 is 3. The fraction of sp³-hybridized carbons (Fsp3) is 0.360. The predicted octanol–water partition coefficient (Wildman–Crippen LogP) is 18.2. The van der Waals surface area contributed by atoms with Gasteiger partial charge in [-0.3, -0.25) is 0 Å². The summed E-state index contributed by atoms with van der Waals surface area (Å²) in [6, 6.07) is 91.6. The number of hydrogen-bond donors (Lipinski definition) is 0. The van der Waals surface area contributed by atoms with Gasteiger partial charge in [0.15, 0.2) is 18.9 Å². The van der Waals surface area contributed by atoms with E-state index in [0.29, 0.717) is 92.1 Å². The standard InChI is InChI=1S/C28H37O5.C25H32O5.C24H30O6.C19H16P.C4H7.3Y/c1-3-4-5-6-7-14-19-30-28-27(32-21-24-17-12-9-13-18-24)26(25(33-28)22-29-2)31-20-23-15-10-8-11-16-23;1-3-4-11-16-27-25-24(29-18-21-14-9-6-10-15-21)23(22(30-25)19-26-2)28-17-20-12-7-5-8-13-20;1-26-18-21-22(28-16-19-10-4-2-5-11-19)23(24(30-21)27-15-9-8-14-25)29-17-20-12-6-3-7-13-20;1-20(17-11-5-2-6-12-17,18-13-7-3-8-14-18)19-15-9-4-10-16-19;1-3-4-2;;;/h5-6,8-13,15-18,25-28H,1,3-4,7,14,19-22H2,2H3;3,5-10,12-15,22-25H,1,4,11,16-19H2,2H3;2-7,10-14,21-24H,8-9,15-18H2,1H3;1-16H;3H,1-2,4H2;;;/q-1;;;2*-1;;;. The number of allylic oxidation sites excluding steroid dienone is 4. The van der Waals surface area contributed by atoms with Crippen molar-refractivity contribution in [3.8, 4) is 0 Å². The molecule has 0 saturated carbocycles. The number of carbonyl (C=O) groups excluding carboxylic acids is 1. The molecule has 9 aromatic rings. The van der Waals surface area contributed by atoms with Crippen LogP contribution in [-0.2, 0) is 214 Å². The SMILES string of the molecule is C=CCCCOC1OC(COC)C(OCc2ccccc2)C1OCc1ccccc1.C=CC[CH2-].COCC1OC(OCCCC=O)C(OCc2ccccc2)C1OCc1ccccc1.[CH-]=P(c1ccccc1)(c1ccccc1)c1ccccc1.[CH2-]CCC=CCCCOC1OC(COC)C(OCc2ccccc2)C1OCc1ccccc1.[Y].[Y].[Y].